The van der Waals surface area contributed by atoms with Crippen LogP contribution in [0.2, 0.25) is 0 Å². The molecule has 2 aromatic heterocycles. The first kappa shape index (κ1) is 47.5. The van der Waals surface area contributed by atoms with Gasteiger partial charge in [0, 0.05) is 35.7 Å². The number of nitrogens with one attached hydrogen (secondary N) is 2. The van der Waals surface area contributed by atoms with Gasteiger partial charge < -0.3 is 30.3 Å². The molecule has 14 nitrogen and oxygen atoms in total. The molecule has 0 spiro atoms. The maximum absolute atomic E-state index is 15.0. The zero-order valence-corrected chi connectivity index (χ0v) is 40.2. The monoisotopic (exact) mass is 938 g/mol. The normalized spacial score (nSPS) is 20.2. The van der Waals surface area contributed by atoms with Crippen molar-refractivity contribution in [3.05, 3.63) is 84.2 Å². The second-order valence-corrected chi connectivity index (χ2v) is 22.0. The highest BCUT2D eigenvalue weighted by molar-refractivity contribution is 8.76. The van der Waals surface area contributed by atoms with Gasteiger partial charge in [-0.2, -0.15) is 10.2 Å². The van der Waals surface area contributed by atoms with Gasteiger partial charge in [-0.3, -0.25) is 19.0 Å². The molecule has 0 bridgehead atoms. The number of carboxylic acid groups (broad SMARTS) is 1. The summed E-state index contributed by atoms with van der Waals surface area (Å²) in [5.41, 5.74) is 4.95. The second kappa shape index (κ2) is 21.8. The molecule has 0 saturated heterocycles. The highest BCUT2D eigenvalue weighted by Crippen LogP contribution is 2.41. The van der Waals surface area contributed by atoms with Gasteiger partial charge in [0.25, 0.3) is 0 Å². The van der Waals surface area contributed by atoms with Crippen LogP contribution in [0.4, 0.5) is 9.59 Å². The Morgan fingerprint density at radius 1 is 0.652 bits per heavy atom. The van der Waals surface area contributed by atoms with E-state index in [9.17, 15) is 24.3 Å². The van der Waals surface area contributed by atoms with Gasteiger partial charge in [-0.1, -0.05) is 146 Å². The van der Waals surface area contributed by atoms with Crippen LogP contribution < -0.4 is 10.6 Å². The Morgan fingerprint density at radius 3 is 1.48 bits per heavy atom. The number of nitrogens with zero attached hydrogens (tertiary/aromatic N) is 6. The van der Waals surface area contributed by atoms with E-state index in [1.165, 1.54) is 60.1 Å². The van der Waals surface area contributed by atoms with Crippen molar-refractivity contribution < 1.29 is 29.0 Å². The largest absolute Gasteiger partial charge is 0.465 e. The molecule has 4 atom stereocenters. The molecule has 4 aliphatic rings. The molecule has 0 unspecified atom stereocenters. The zero-order valence-electron chi connectivity index (χ0n) is 38.6. The van der Waals surface area contributed by atoms with Crippen molar-refractivity contribution in [3.63, 3.8) is 0 Å². The van der Waals surface area contributed by atoms with Crippen LogP contribution in [0.1, 0.15) is 121 Å². The summed E-state index contributed by atoms with van der Waals surface area (Å²) in [6.45, 7) is 7.23. The van der Waals surface area contributed by atoms with E-state index in [2.05, 4.69) is 22.8 Å². The predicted molar refractivity (Wildman–Crippen MR) is 260 cm³/mol. The fraction of sp³-hybridized carbons (Fsp3) is 0.560. The number of aromatic nitrogens is 4. The average Bonchev–Trinajstić information content (AvgIpc) is 3.96. The van der Waals surface area contributed by atoms with Crippen LogP contribution in [0.3, 0.4) is 0 Å². The number of carbonyl (C=O) groups is 4. The number of hydrogen-bond donors (Lipinski definition) is 3. The number of alkyl carbamates (subject to hydrolysis) is 1. The third-order valence-electron chi connectivity index (χ3n) is 13.6. The van der Waals surface area contributed by atoms with Gasteiger partial charge in [0.05, 0.1) is 47.9 Å². The molecule has 2 aliphatic carbocycles. The zero-order chi connectivity index (χ0) is 46.2. The van der Waals surface area contributed by atoms with Crippen LogP contribution in [0.25, 0.3) is 22.5 Å². The minimum absolute atomic E-state index is 0.125. The van der Waals surface area contributed by atoms with Gasteiger partial charge >= 0.3 is 12.2 Å². The Kier molecular flexibility index (Phi) is 15.7. The first-order valence-corrected chi connectivity index (χ1v) is 26.5. The molecule has 2 aliphatic heterocycles. The molecule has 4 amide bonds. The summed E-state index contributed by atoms with van der Waals surface area (Å²) in [5, 5.41) is 25.5. The molecule has 0 radical (unpaired) electrons. The lowest BCUT2D eigenvalue weighted by Gasteiger charge is -2.40. The van der Waals surface area contributed by atoms with E-state index in [1.54, 1.807) is 20.8 Å². The summed E-state index contributed by atoms with van der Waals surface area (Å²) in [6.07, 6.45) is 11.2. The number of carbonyl (C=O) groups excluding carboxylic acids is 3. The van der Waals surface area contributed by atoms with Crippen LogP contribution in [-0.4, -0.2) is 101 Å². The van der Waals surface area contributed by atoms with Crippen molar-refractivity contribution in [1.29, 1.82) is 0 Å². The molecule has 3 N–H and O–H groups in total. The number of fused-ring (bicyclic) bond motifs is 2. The van der Waals surface area contributed by atoms with Crippen molar-refractivity contribution in [2.45, 2.75) is 141 Å². The number of hydrogen-bond acceptors (Lipinski definition) is 9. The molecule has 2 fully saturated rings. The Hall–Kier alpha value is -4.96. The van der Waals surface area contributed by atoms with Crippen LogP contribution in [0.5, 0.6) is 0 Å². The summed E-state index contributed by atoms with van der Waals surface area (Å²) < 4.78 is 9.75. The van der Waals surface area contributed by atoms with Crippen molar-refractivity contribution >= 4 is 45.6 Å². The first-order chi connectivity index (χ1) is 31.9. The van der Waals surface area contributed by atoms with E-state index >= 15 is 0 Å². The minimum atomic E-state index is -1.28. The van der Waals surface area contributed by atoms with Crippen molar-refractivity contribution in [2.75, 3.05) is 24.6 Å². The summed E-state index contributed by atoms with van der Waals surface area (Å²) in [5.74, 6) is 0.743. The van der Waals surface area contributed by atoms with Crippen molar-refractivity contribution in [3.8, 4) is 22.5 Å². The Bertz CT molecular complexity index is 2270. The predicted octanol–water partition coefficient (Wildman–Crippen LogP) is 9.73. The second-order valence-electron chi connectivity index (χ2n) is 19.4. The van der Waals surface area contributed by atoms with Crippen LogP contribution in [0, 0.1) is 11.8 Å². The third-order valence-corrected chi connectivity index (χ3v) is 16.0. The smallest absolute Gasteiger partial charge is 0.408 e. The van der Waals surface area contributed by atoms with Gasteiger partial charge in [0.1, 0.15) is 17.7 Å². The van der Waals surface area contributed by atoms with E-state index in [-0.39, 0.29) is 35.4 Å². The molecule has 2 aromatic carbocycles. The fourth-order valence-electron chi connectivity index (χ4n) is 10.4. The molecule has 2 saturated carbocycles. The Balaban J connectivity index is 0.997. The summed E-state index contributed by atoms with van der Waals surface area (Å²) in [4.78, 5) is 59.2. The van der Waals surface area contributed by atoms with Crippen molar-refractivity contribution in [1.82, 2.24) is 40.0 Å². The van der Waals surface area contributed by atoms with Crippen molar-refractivity contribution in [2.24, 2.45) is 11.8 Å². The molecular weight excluding hydrogens is 873 g/mol. The van der Waals surface area contributed by atoms with E-state index < -0.39 is 29.9 Å². The number of rotatable bonds is 15. The Labute approximate surface area is 396 Å². The van der Waals surface area contributed by atoms with E-state index in [4.69, 9.17) is 14.9 Å². The van der Waals surface area contributed by atoms with Gasteiger partial charge in [0.2, 0.25) is 11.8 Å². The molecular formula is C50H66N8O6S2. The van der Waals surface area contributed by atoms with E-state index in [0.29, 0.717) is 38.0 Å². The highest BCUT2D eigenvalue weighted by Gasteiger charge is 2.40. The maximum atomic E-state index is 15.0. The van der Waals surface area contributed by atoms with E-state index in [1.807, 2.05) is 79.8 Å². The van der Waals surface area contributed by atoms with Crippen LogP contribution >= 0.6 is 21.6 Å². The molecule has 4 heterocycles. The minimum Gasteiger partial charge on any atom is -0.465 e. The molecule has 8 rings (SSSR count). The SMILES string of the molecule is CC(C)(C)OC(=O)N[C@@H](CSSC[C@H](NC(=O)O)C(=O)N1CCn2nc(-c3ccccc3)cc2[C@@H]1CC1CCCCC1)C(=O)N1CCn2nc(-c3ccccc3)cc2[C@@H]1CC1CCCCC1. The number of ether oxygens (including phenoxy) is 1. The summed E-state index contributed by atoms with van der Waals surface area (Å²) >= 11 is 0. The van der Waals surface area contributed by atoms with Crippen LogP contribution in [0.15, 0.2) is 72.8 Å². The van der Waals surface area contributed by atoms with Gasteiger partial charge in [-0.15, -0.1) is 0 Å². The molecule has 354 valence electrons. The lowest BCUT2D eigenvalue weighted by molar-refractivity contribution is -0.137. The number of amides is 4. The fourth-order valence-corrected chi connectivity index (χ4v) is 12.7. The molecule has 4 aromatic rings. The average molecular weight is 939 g/mol. The van der Waals surface area contributed by atoms with Gasteiger partial charge in [-0.05, 0) is 57.6 Å². The molecule has 66 heavy (non-hydrogen) atoms. The highest BCUT2D eigenvalue weighted by atomic mass is 33.1. The molecule has 16 heteroatoms. The van der Waals surface area contributed by atoms with Crippen LogP contribution in [-0.2, 0) is 27.4 Å². The standard InChI is InChI=1S/C50H66N8O6S2/c1-50(2,3)64-49(63)52-41(47(60)56-25-27-58-45(43(56)29-35-18-10-5-11-19-35)31-39(54-58)37-22-14-7-15-23-37)33-66-65-32-40(51-48(61)62)46(59)55-24-26-57-44(42(55)28-34-16-8-4-9-17-34)30-38(53-57)36-20-12-6-13-21-36/h6-7,12-15,20-23,30-31,34-35,40-43,51H,4-5,8-11,16-19,24-29,32-33H2,1-3H3,(H,52,63)(H,61,62)/t40-,41-,42-,43-/m0/s1. The lowest BCUT2D eigenvalue weighted by Crippen LogP contribution is -2.54. The third kappa shape index (κ3) is 11.9. The quantitative estimate of drug-likeness (QED) is 0.0773. The van der Waals surface area contributed by atoms with Gasteiger partial charge in [-0.25, -0.2) is 9.59 Å². The summed E-state index contributed by atoms with van der Waals surface area (Å²) in [6, 6.07) is 21.9. The Morgan fingerprint density at radius 2 is 1.08 bits per heavy atom. The first-order valence-electron chi connectivity index (χ1n) is 24.0. The maximum Gasteiger partial charge on any atom is 0.408 e. The lowest BCUT2D eigenvalue weighted by atomic mass is 9.83. The van der Waals surface area contributed by atoms with Gasteiger partial charge in [0.15, 0.2) is 0 Å². The topological polar surface area (TPSA) is 164 Å². The summed E-state index contributed by atoms with van der Waals surface area (Å²) in [7, 11) is 2.66. The number of benzene rings is 2. The van der Waals surface area contributed by atoms with E-state index in [0.717, 1.165) is 72.4 Å².